The average molecular weight is 298 g/mol. The van der Waals surface area contributed by atoms with Gasteiger partial charge in [0.2, 0.25) is 10.0 Å². The molecule has 5 heteroatoms. The van der Waals surface area contributed by atoms with Gasteiger partial charge in [-0.3, -0.25) is 0 Å². The smallest absolute Gasteiger partial charge is 0.211 e. The van der Waals surface area contributed by atoms with Gasteiger partial charge in [-0.2, -0.15) is 5.26 Å². The highest BCUT2D eigenvalue weighted by atomic mass is 32.2. The van der Waals surface area contributed by atoms with Crippen LogP contribution in [0, 0.1) is 11.3 Å². The van der Waals surface area contributed by atoms with Gasteiger partial charge >= 0.3 is 0 Å². The molecule has 4 nitrogen and oxygen atoms in total. The predicted molar refractivity (Wildman–Crippen MR) is 79.2 cm³/mol. The quantitative estimate of drug-likeness (QED) is 0.940. The van der Waals surface area contributed by atoms with Crippen LogP contribution in [0.4, 0.5) is 0 Å². The van der Waals surface area contributed by atoms with E-state index in [0.29, 0.717) is 12.1 Å². The molecular formula is C16H14N2O2S. The number of nitrogens with one attached hydrogen (secondary N) is 1. The molecule has 1 aliphatic rings. The van der Waals surface area contributed by atoms with E-state index in [1.807, 2.05) is 24.3 Å². The Hall–Kier alpha value is -2.16. The van der Waals surface area contributed by atoms with Crippen LogP contribution in [-0.4, -0.2) is 15.0 Å². The molecule has 0 saturated heterocycles. The summed E-state index contributed by atoms with van der Waals surface area (Å²) in [6.45, 7) is 0.402. The third-order valence-electron chi connectivity index (χ3n) is 3.77. The molecule has 0 fully saturated rings. The zero-order chi connectivity index (χ0) is 14.9. The Kier molecular flexibility index (Phi) is 3.50. The van der Waals surface area contributed by atoms with Crippen molar-refractivity contribution >= 4 is 10.0 Å². The number of nitriles is 1. The van der Waals surface area contributed by atoms with Crippen molar-refractivity contribution < 1.29 is 8.42 Å². The average Bonchev–Trinajstić information content (AvgIpc) is 2.48. The monoisotopic (exact) mass is 298 g/mol. The largest absolute Gasteiger partial charge is 0.240 e. The summed E-state index contributed by atoms with van der Waals surface area (Å²) in [6.07, 6.45) is 0.909. The molecule has 0 amide bonds. The summed E-state index contributed by atoms with van der Waals surface area (Å²) in [5.41, 5.74) is 2.96. The molecule has 0 aromatic heterocycles. The molecule has 0 aliphatic heterocycles. The fourth-order valence-electron chi connectivity index (χ4n) is 2.55. The molecule has 3 rings (SSSR count). The second kappa shape index (κ2) is 5.32. The van der Waals surface area contributed by atoms with Crippen molar-refractivity contribution in [1.82, 2.24) is 4.72 Å². The first-order valence-corrected chi connectivity index (χ1v) is 8.16. The number of nitrogens with zero attached hydrogens (tertiary/aromatic N) is 1. The maximum Gasteiger partial charge on any atom is 0.240 e. The van der Waals surface area contributed by atoms with E-state index in [4.69, 9.17) is 5.26 Å². The van der Waals surface area contributed by atoms with Crippen LogP contribution in [0.25, 0.3) is 0 Å². The van der Waals surface area contributed by atoms with Gasteiger partial charge in [-0.05, 0) is 41.8 Å². The Balaban J connectivity index is 1.69. The minimum absolute atomic E-state index is 0.189. The highest BCUT2D eigenvalue weighted by Crippen LogP contribution is 2.34. The Morgan fingerprint density at radius 3 is 2.52 bits per heavy atom. The third kappa shape index (κ3) is 2.68. The number of hydrogen-bond acceptors (Lipinski definition) is 3. The van der Waals surface area contributed by atoms with Crippen molar-refractivity contribution in [3.8, 4) is 6.07 Å². The minimum atomic E-state index is -3.52. The van der Waals surface area contributed by atoms with Crippen LogP contribution in [0.3, 0.4) is 0 Å². The fraction of sp³-hybridized carbons (Fsp3) is 0.188. The molecule has 1 N–H and O–H groups in total. The van der Waals surface area contributed by atoms with Crippen LogP contribution in [0.15, 0.2) is 53.4 Å². The second-order valence-corrected chi connectivity index (χ2v) is 6.85. The summed E-state index contributed by atoms with van der Waals surface area (Å²) >= 11 is 0. The van der Waals surface area contributed by atoms with Crippen molar-refractivity contribution in [3.05, 3.63) is 65.2 Å². The normalized spacial score (nSPS) is 16.6. The van der Waals surface area contributed by atoms with Crippen LogP contribution < -0.4 is 4.72 Å². The summed E-state index contributed by atoms with van der Waals surface area (Å²) in [7, 11) is -3.52. The molecule has 0 bridgehead atoms. The summed E-state index contributed by atoms with van der Waals surface area (Å²) in [4.78, 5) is 0.189. The number of sulfonamides is 1. The maximum absolute atomic E-state index is 12.2. The van der Waals surface area contributed by atoms with E-state index in [1.165, 1.54) is 35.4 Å². The fourth-order valence-corrected chi connectivity index (χ4v) is 3.63. The summed E-state index contributed by atoms with van der Waals surface area (Å²) in [5, 5.41) is 8.72. The van der Waals surface area contributed by atoms with Crippen LogP contribution in [-0.2, 0) is 16.4 Å². The van der Waals surface area contributed by atoms with Gasteiger partial charge in [0, 0.05) is 12.5 Å². The minimum Gasteiger partial charge on any atom is -0.211 e. The Labute approximate surface area is 124 Å². The molecule has 21 heavy (non-hydrogen) atoms. The van der Waals surface area contributed by atoms with Crippen molar-refractivity contribution in [2.24, 2.45) is 0 Å². The number of benzene rings is 2. The van der Waals surface area contributed by atoms with Gasteiger partial charge < -0.3 is 0 Å². The van der Waals surface area contributed by atoms with Crippen molar-refractivity contribution in [2.75, 3.05) is 6.54 Å². The third-order valence-corrected chi connectivity index (χ3v) is 5.21. The van der Waals surface area contributed by atoms with Gasteiger partial charge in [0.15, 0.2) is 0 Å². The standard InChI is InChI=1S/C16H14N2O2S/c17-10-12-5-7-15(8-6-12)21(19,20)18-11-14-9-13-3-1-2-4-16(13)14/h1-8,14,18H,9,11H2. The molecule has 106 valence electrons. The van der Waals surface area contributed by atoms with E-state index in [1.54, 1.807) is 0 Å². The first-order chi connectivity index (χ1) is 10.1. The molecule has 1 unspecified atom stereocenters. The van der Waals surface area contributed by atoms with E-state index in [-0.39, 0.29) is 10.8 Å². The topological polar surface area (TPSA) is 70.0 Å². The lowest BCUT2D eigenvalue weighted by Crippen LogP contribution is -2.33. The summed E-state index contributed by atoms with van der Waals surface area (Å²) in [5.74, 6) is 0.245. The van der Waals surface area contributed by atoms with Crippen LogP contribution in [0.1, 0.15) is 22.6 Å². The molecule has 1 aliphatic carbocycles. The lowest BCUT2D eigenvalue weighted by Gasteiger charge is -2.30. The highest BCUT2D eigenvalue weighted by Gasteiger charge is 2.26. The van der Waals surface area contributed by atoms with E-state index < -0.39 is 10.0 Å². The van der Waals surface area contributed by atoms with Gasteiger partial charge in [-0.1, -0.05) is 24.3 Å². The zero-order valence-electron chi connectivity index (χ0n) is 11.3. The van der Waals surface area contributed by atoms with E-state index >= 15 is 0 Å². The summed E-state index contributed by atoms with van der Waals surface area (Å²) in [6, 6.07) is 16.0. The van der Waals surface area contributed by atoms with Gasteiger partial charge in [-0.15, -0.1) is 0 Å². The highest BCUT2D eigenvalue weighted by molar-refractivity contribution is 7.89. The van der Waals surface area contributed by atoms with E-state index in [2.05, 4.69) is 10.8 Å². The van der Waals surface area contributed by atoms with Gasteiger partial charge in [0.05, 0.1) is 16.5 Å². The van der Waals surface area contributed by atoms with Crippen LogP contribution in [0.2, 0.25) is 0 Å². The number of fused-ring (bicyclic) bond motifs is 1. The lowest BCUT2D eigenvalue weighted by atomic mass is 9.78. The Morgan fingerprint density at radius 1 is 1.14 bits per heavy atom. The molecule has 0 heterocycles. The second-order valence-electron chi connectivity index (χ2n) is 5.09. The van der Waals surface area contributed by atoms with E-state index in [0.717, 1.165) is 6.42 Å². The summed E-state index contributed by atoms with van der Waals surface area (Å²) < 4.78 is 27.0. The molecule has 0 radical (unpaired) electrons. The van der Waals surface area contributed by atoms with Crippen LogP contribution >= 0.6 is 0 Å². The zero-order valence-corrected chi connectivity index (χ0v) is 12.1. The predicted octanol–water partition coefficient (Wildman–Crippen LogP) is 2.18. The SMILES string of the molecule is N#Cc1ccc(S(=O)(=O)NCC2Cc3ccccc32)cc1. The van der Waals surface area contributed by atoms with Gasteiger partial charge in [-0.25, -0.2) is 13.1 Å². The van der Waals surface area contributed by atoms with Crippen molar-refractivity contribution in [1.29, 1.82) is 5.26 Å². The molecule has 0 spiro atoms. The van der Waals surface area contributed by atoms with Gasteiger partial charge in [0.25, 0.3) is 0 Å². The molecular weight excluding hydrogens is 284 g/mol. The Morgan fingerprint density at radius 2 is 1.86 bits per heavy atom. The maximum atomic E-state index is 12.2. The molecule has 0 saturated carbocycles. The molecule has 2 aromatic rings. The Bertz CT molecular complexity index is 805. The number of hydrogen-bond donors (Lipinski definition) is 1. The molecule has 2 aromatic carbocycles. The first kappa shape index (κ1) is 13.8. The number of rotatable bonds is 4. The van der Waals surface area contributed by atoms with Crippen LogP contribution in [0.5, 0.6) is 0 Å². The van der Waals surface area contributed by atoms with Gasteiger partial charge in [0.1, 0.15) is 0 Å². The van der Waals surface area contributed by atoms with Crippen molar-refractivity contribution in [3.63, 3.8) is 0 Å². The first-order valence-electron chi connectivity index (χ1n) is 6.68. The van der Waals surface area contributed by atoms with Crippen molar-refractivity contribution in [2.45, 2.75) is 17.2 Å². The molecule has 1 atom stereocenters. The lowest BCUT2D eigenvalue weighted by molar-refractivity contribution is 0.552. The van der Waals surface area contributed by atoms with E-state index in [9.17, 15) is 8.42 Å².